The first-order chi connectivity index (χ1) is 12.8. The van der Waals surface area contributed by atoms with E-state index in [2.05, 4.69) is 10.6 Å². The van der Waals surface area contributed by atoms with Crippen molar-refractivity contribution >= 4 is 5.91 Å². The van der Waals surface area contributed by atoms with Gasteiger partial charge in [-0.25, -0.2) is 0 Å². The summed E-state index contributed by atoms with van der Waals surface area (Å²) in [6.07, 6.45) is 5.80. The van der Waals surface area contributed by atoms with Crippen LogP contribution in [0.4, 0.5) is 0 Å². The molecule has 1 saturated carbocycles. The zero-order valence-electron chi connectivity index (χ0n) is 14.7. The van der Waals surface area contributed by atoms with Crippen molar-refractivity contribution in [3.05, 3.63) is 83.6 Å². The Morgan fingerprint density at radius 1 is 1.00 bits per heavy atom. The number of hydrogen-bond donors (Lipinski definition) is 2. The second kappa shape index (κ2) is 8.87. The number of carbonyl (C=O) groups is 1. The van der Waals surface area contributed by atoms with Crippen LogP contribution in [0.1, 0.15) is 42.9 Å². The zero-order chi connectivity index (χ0) is 18.2. The van der Waals surface area contributed by atoms with Crippen LogP contribution in [-0.4, -0.2) is 11.9 Å². The average Bonchev–Trinajstić information content (AvgIpc) is 3.19. The number of nitrogens with one attached hydrogen (secondary N) is 2. The lowest BCUT2D eigenvalue weighted by molar-refractivity contribution is -0.117. The quantitative estimate of drug-likeness (QED) is 0.618. The topological polar surface area (TPSA) is 64.9 Å². The molecule has 26 heavy (non-hydrogen) atoms. The molecule has 0 heterocycles. The van der Waals surface area contributed by atoms with E-state index in [1.165, 1.54) is 6.20 Å². The number of benzene rings is 2. The van der Waals surface area contributed by atoms with Crippen LogP contribution in [0.25, 0.3) is 0 Å². The lowest BCUT2D eigenvalue weighted by atomic mass is 9.99. The number of amides is 1. The van der Waals surface area contributed by atoms with Gasteiger partial charge in [0.25, 0.3) is 5.91 Å². The van der Waals surface area contributed by atoms with E-state index in [0.29, 0.717) is 0 Å². The van der Waals surface area contributed by atoms with Gasteiger partial charge in [0.2, 0.25) is 0 Å². The van der Waals surface area contributed by atoms with Gasteiger partial charge < -0.3 is 10.6 Å². The Morgan fingerprint density at radius 3 is 2.04 bits per heavy atom. The van der Waals surface area contributed by atoms with Gasteiger partial charge in [-0.05, 0) is 24.0 Å². The number of rotatable bonds is 6. The van der Waals surface area contributed by atoms with Crippen molar-refractivity contribution < 1.29 is 4.79 Å². The molecular weight excluding hydrogens is 322 g/mol. The molecule has 4 nitrogen and oxygen atoms in total. The summed E-state index contributed by atoms with van der Waals surface area (Å²) in [5.41, 5.74) is 2.25. The van der Waals surface area contributed by atoms with Crippen molar-refractivity contribution in [2.24, 2.45) is 0 Å². The fraction of sp³-hybridized carbons (Fsp3) is 0.273. The molecule has 0 aromatic heterocycles. The van der Waals surface area contributed by atoms with Gasteiger partial charge >= 0.3 is 0 Å². The summed E-state index contributed by atoms with van der Waals surface area (Å²) in [7, 11) is 0. The molecule has 0 aliphatic heterocycles. The Morgan fingerprint density at radius 2 is 1.54 bits per heavy atom. The van der Waals surface area contributed by atoms with Gasteiger partial charge in [0.05, 0.1) is 6.04 Å². The fourth-order valence-corrected chi connectivity index (χ4v) is 3.32. The molecule has 3 rings (SSSR count). The van der Waals surface area contributed by atoms with Crippen LogP contribution >= 0.6 is 0 Å². The van der Waals surface area contributed by atoms with E-state index >= 15 is 0 Å². The van der Waals surface area contributed by atoms with Gasteiger partial charge in [0.1, 0.15) is 11.6 Å². The van der Waals surface area contributed by atoms with E-state index in [-0.39, 0.29) is 23.6 Å². The molecule has 4 heteroatoms. The molecule has 2 aromatic carbocycles. The smallest absolute Gasteiger partial charge is 0.263 e. The first-order valence-corrected chi connectivity index (χ1v) is 9.05. The van der Waals surface area contributed by atoms with Gasteiger partial charge in [-0.15, -0.1) is 0 Å². The zero-order valence-corrected chi connectivity index (χ0v) is 14.7. The third-order valence-corrected chi connectivity index (χ3v) is 4.72. The third-order valence-electron chi connectivity index (χ3n) is 4.72. The number of carbonyl (C=O) groups excluding carboxylic acids is 1. The molecule has 0 bridgehead atoms. The molecule has 1 aliphatic carbocycles. The minimum Gasteiger partial charge on any atom is -0.379 e. The van der Waals surface area contributed by atoms with Crippen molar-refractivity contribution in [2.45, 2.75) is 37.8 Å². The van der Waals surface area contributed by atoms with E-state index in [4.69, 9.17) is 0 Å². The van der Waals surface area contributed by atoms with E-state index in [9.17, 15) is 10.1 Å². The predicted octanol–water partition coefficient (Wildman–Crippen LogP) is 3.83. The Balaban J connectivity index is 1.78. The second-order valence-electron chi connectivity index (χ2n) is 6.55. The first-order valence-electron chi connectivity index (χ1n) is 9.05. The molecule has 2 N–H and O–H groups in total. The van der Waals surface area contributed by atoms with Gasteiger partial charge in [0.15, 0.2) is 0 Å². The summed E-state index contributed by atoms with van der Waals surface area (Å²) in [5, 5.41) is 15.6. The summed E-state index contributed by atoms with van der Waals surface area (Å²) in [6.45, 7) is 0. The van der Waals surface area contributed by atoms with Crippen molar-refractivity contribution in [3.8, 4) is 6.07 Å². The summed E-state index contributed by atoms with van der Waals surface area (Å²) in [6, 6.07) is 22.1. The maximum absolute atomic E-state index is 12.4. The van der Waals surface area contributed by atoms with E-state index in [0.717, 1.165) is 36.8 Å². The SMILES string of the molecule is N#C/C(=C/NC(c1ccccc1)c1ccccc1)C(=O)NC1CCCC1. The molecule has 132 valence electrons. The molecule has 0 atom stereocenters. The van der Waals surface area contributed by atoms with Gasteiger partial charge in [0, 0.05) is 12.2 Å². The summed E-state index contributed by atoms with van der Waals surface area (Å²) < 4.78 is 0. The van der Waals surface area contributed by atoms with Crippen molar-refractivity contribution in [3.63, 3.8) is 0 Å². The molecule has 1 amide bonds. The molecule has 0 unspecified atom stereocenters. The minimum atomic E-state index is -0.299. The number of nitrogens with zero attached hydrogens (tertiary/aromatic N) is 1. The van der Waals surface area contributed by atoms with Crippen molar-refractivity contribution in [1.29, 1.82) is 5.26 Å². The summed E-state index contributed by atoms with van der Waals surface area (Å²) in [4.78, 5) is 12.4. The van der Waals surface area contributed by atoms with Gasteiger partial charge in [-0.2, -0.15) is 5.26 Å². The standard InChI is InChI=1S/C22H23N3O/c23-15-19(22(26)25-20-13-7-8-14-20)16-24-21(17-9-3-1-4-10-17)18-11-5-2-6-12-18/h1-6,9-12,16,20-21,24H,7-8,13-14H2,(H,25,26)/b19-16-. The largest absolute Gasteiger partial charge is 0.379 e. The number of hydrogen-bond acceptors (Lipinski definition) is 3. The summed E-state index contributed by atoms with van der Waals surface area (Å²) >= 11 is 0. The normalized spacial score (nSPS) is 14.8. The van der Waals surface area contributed by atoms with Gasteiger partial charge in [-0.1, -0.05) is 73.5 Å². The molecular formula is C22H23N3O. The Labute approximate surface area is 154 Å². The average molecular weight is 345 g/mol. The van der Waals surface area contributed by atoms with Crippen molar-refractivity contribution in [1.82, 2.24) is 10.6 Å². The highest BCUT2D eigenvalue weighted by Crippen LogP contribution is 2.22. The molecule has 0 saturated heterocycles. The highest BCUT2D eigenvalue weighted by atomic mass is 16.1. The molecule has 0 radical (unpaired) electrons. The van der Waals surface area contributed by atoms with Crippen LogP contribution < -0.4 is 10.6 Å². The van der Waals surface area contributed by atoms with Crippen LogP contribution in [0.2, 0.25) is 0 Å². The van der Waals surface area contributed by atoms with Crippen LogP contribution in [0.15, 0.2) is 72.4 Å². The van der Waals surface area contributed by atoms with E-state index < -0.39 is 0 Å². The molecule has 2 aromatic rings. The van der Waals surface area contributed by atoms with E-state index in [1.807, 2.05) is 66.7 Å². The lowest BCUT2D eigenvalue weighted by Gasteiger charge is -2.19. The molecule has 1 fully saturated rings. The molecule has 1 aliphatic rings. The second-order valence-corrected chi connectivity index (χ2v) is 6.55. The lowest BCUT2D eigenvalue weighted by Crippen LogP contribution is -2.34. The monoisotopic (exact) mass is 345 g/mol. The number of nitriles is 1. The van der Waals surface area contributed by atoms with Crippen LogP contribution in [0.5, 0.6) is 0 Å². The van der Waals surface area contributed by atoms with E-state index in [1.54, 1.807) is 0 Å². The van der Waals surface area contributed by atoms with Crippen molar-refractivity contribution in [2.75, 3.05) is 0 Å². The fourth-order valence-electron chi connectivity index (χ4n) is 3.32. The highest BCUT2D eigenvalue weighted by Gasteiger charge is 2.20. The van der Waals surface area contributed by atoms with Crippen LogP contribution in [0.3, 0.4) is 0 Å². The predicted molar refractivity (Wildman–Crippen MR) is 102 cm³/mol. The Hall–Kier alpha value is -3.06. The first kappa shape index (κ1) is 17.8. The third kappa shape index (κ3) is 4.52. The Kier molecular flexibility index (Phi) is 6.05. The van der Waals surface area contributed by atoms with Gasteiger partial charge in [-0.3, -0.25) is 4.79 Å². The highest BCUT2D eigenvalue weighted by molar-refractivity contribution is 5.97. The maximum atomic E-state index is 12.4. The molecule has 0 spiro atoms. The minimum absolute atomic E-state index is 0.105. The Bertz CT molecular complexity index is 748. The summed E-state index contributed by atoms with van der Waals surface area (Å²) in [5.74, 6) is -0.299. The van der Waals surface area contributed by atoms with Crippen LogP contribution in [0, 0.1) is 11.3 Å². The maximum Gasteiger partial charge on any atom is 0.263 e. The van der Waals surface area contributed by atoms with Crippen LogP contribution in [-0.2, 0) is 4.79 Å².